The van der Waals surface area contributed by atoms with E-state index in [-0.39, 0.29) is 12.0 Å². The zero-order valence-corrected chi connectivity index (χ0v) is 16.2. The van der Waals surface area contributed by atoms with Gasteiger partial charge in [-0.25, -0.2) is 0 Å². The predicted octanol–water partition coefficient (Wildman–Crippen LogP) is 5.35. The third kappa shape index (κ3) is 5.88. The molecule has 4 nitrogen and oxygen atoms in total. The average Bonchev–Trinajstić information content (AvgIpc) is 2.70. The molecule has 0 fully saturated rings. The van der Waals surface area contributed by atoms with E-state index in [1.807, 2.05) is 68.4 Å². The van der Waals surface area contributed by atoms with Gasteiger partial charge in [0.2, 0.25) is 0 Å². The molecule has 28 heavy (non-hydrogen) atoms. The van der Waals surface area contributed by atoms with Crippen molar-refractivity contribution in [3.8, 4) is 11.5 Å². The standard InChI is InChI=1S/C24H25NO3/c1-18(2)28-23-10-6-9-20(17-23)24(26)25-21-11-13-22(14-12-21)27-16-15-19-7-4-3-5-8-19/h3-14,17-18H,15-16H2,1-2H3,(H,25,26). The van der Waals surface area contributed by atoms with Crippen LogP contribution >= 0.6 is 0 Å². The van der Waals surface area contributed by atoms with Crippen molar-refractivity contribution < 1.29 is 14.3 Å². The van der Waals surface area contributed by atoms with Crippen molar-refractivity contribution in [3.63, 3.8) is 0 Å². The number of ether oxygens (including phenoxy) is 2. The van der Waals surface area contributed by atoms with Gasteiger partial charge in [-0.05, 0) is 61.9 Å². The highest BCUT2D eigenvalue weighted by Crippen LogP contribution is 2.19. The molecular weight excluding hydrogens is 350 g/mol. The Morgan fingerprint density at radius 3 is 2.36 bits per heavy atom. The topological polar surface area (TPSA) is 47.6 Å². The summed E-state index contributed by atoms with van der Waals surface area (Å²) in [5, 5.41) is 2.90. The van der Waals surface area contributed by atoms with Gasteiger partial charge in [0, 0.05) is 17.7 Å². The Labute approximate surface area is 166 Å². The summed E-state index contributed by atoms with van der Waals surface area (Å²) in [5.41, 5.74) is 2.52. The fourth-order valence-corrected chi connectivity index (χ4v) is 2.75. The van der Waals surface area contributed by atoms with Crippen LogP contribution < -0.4 is 14.8 Å². The Hall–Kier alpha value is -3.27. The molecule has 0 heterocycles. The lowest BCUT2D eigenvalue weighted by Gasteiger charge is -2.11. The molecule has 3 aromatic carbocycles. The van der Waals surface area contributed by atoms with Gasteiger partial charge in [-0.2, -0.15) is 0 Å². The van der Waals surface area contributed by atoms with Gasteiger partial charge in [0.05, 0.1) is 12.7 Å². The fraction of sp³-hybridized carbons (Fsp3) is 0.208. The molecule has 4 heteroatoms. The minimum Gasteiger partial charge on any atom is -0.493 e. The molecule has 0 aromatic heterocycles. The van der Waals surface area contributed by atoms with Crippen molar-refractivity contribution in [2.24, 2.45) is 0 Å². The molecule has 0 saturated heterocycles. The summed E-state index contributed by atoms with van der Waals surface area (Å²) in [5.74, 6) is 1.29. The van der Waals surface area contributed by atoms with Gasteiger partial charge in [0.25, 0.3) is 5.91 Å². The number of amides is 1. The summed E-state index contributed by atoms with van der Waals surface area (Å²) < 4.78 is 11.4. The second-order valence-corrected chi connectivity index (χ2v) is 6.76. The zero-order valence-electron chi connectivity index (χ0n) is 16.2. The molecule has 144 valence electrons. The summed E-state index contributed by atoms with van der Waals surface area (Å²) >= 11 is 0. The van der Waals surface area contributed by atoms with E-state index in [1.54, 1.807) is 12.1 Å². The molecule has 0 atom stereocenters. The number of hydrogen-bond acceptors (Lipinski definition) is 3. The minimum absolute atomic E-state index is 0.0627. The zero-order chi connectivity index (χ0) is 19.8. The van der Waals surface area contributed by atoms with Crippen molar-refractivity contribution in [3.05, 3.63) is 90.0 Å². The van der Waals surface area contributed by atoms with Gasteiger partial charge in [0.15, 0.2) is 0 Å². The first-order valence-electron chi connectivity index (χ1n) is 9.45. The van der Waals surface area contributed by atoms with Crippen LogP contribution in [0.3, 0.4) is 0 Å². The smallest absolute Gasteiger partial charge is 0.255 e. The van der Waals surface area contributed by atoms with E-state index in [2.05, 4.69) is 17.4 Å². The van der Waals surface area contributed by atoms with Crippen LogP contribution in [0, 0.1) is 0 Å². The van der Waals surface area contributed by atoms with Crippen molar-refractivity contribution >= 4 is 11.6 Å². The van der Waals surface area contributed by atoms with Crippen LogP contribution in [-0.4, -0.2) is 18.6 Å². The van der Waals surface area contributed by atoms with Crippen LogP contribution in [0.5, 0.6) is 11.5 Å². The molecule has 0 bridgehead atoms. The quantitative estimate of drug-likeness (QED) is 0.577. The molecule has 0 spiro atoms. The van der Waals surface area contributed by atoms with Crippen LogP contribution in [-0.2, 0) is 6.42 Å². The second-order valence-electron chi connectivity index (χ2n) is 6.76. The Kier molecular flexibility index (Phi) is 6.68. The number of benzene rings is 3. The minimum atomic E-state index is -0.174. The third-order valence-corrected chi connectivity index (χ3v) is 4.08. The number of carbonyl (C=O) groups excluding carboxylic acids is 1. The highest BCUT2D eigenvalue weighted by Gasteiger charge is 2.08. The Morgan fingerprint density at radius 1 is 0.893 bits per heavy atom. The number of anilines is 1. The highest BCUT2D eigenvalue weighted by molar-refractivity contribution is 6.04. The first-order valence-corrected chi connectivity index (χ1v) is 9.45. The predicted molar refractivity (Wildman–Crippen MR) is 112 cm³/mol. The summed E-state index contributed by atoms with van der Waals surface area (Å²) in [6, 6.07) is 24.8. The van der Waals surface area contributed by atoms with Crippen LogP contribution in [0.1, 0.15) is 29.8 Å². The number of rotatable bonds is 8. The van der Waals surface area contributed by atoms with Crippen LogP contribution in [0.4, 0.5) is 5.69 Å². The van der Waals surface area contributed by atoms with E-state index in [0.29, 0.717) is 17.9 Å². The molecule has 0 aliphatic carbocycles. The Balaban J connectivity index is 1.53. The Bertz CT molecular complexity index is 889. The van der Waals surface area contributed by atoms with Crippen molar-refractivity contribution in [2.45, 2.75) is 26.4 Å². The molecule has 0 aliphatic rings. The summed E-state index contributed by atoms with van der Waals surface area (Å²) in [6.45, 7) is 4.52. The lowest BCUT2D eigenvalue weighted by molar-refractivity contribution is 0.102. The van der Waals surface area contributed by atoms with Crippen LogP contribution in [0.25, 0.3) is 0 Å². The van der Waals surface area contributed by atoms with Crippen LogP contribution in [0.2, 0.25) is 0 Å². The third-order valence-electron chi connectivity index (χ3n) is 4.08. The summed E-state index contributed by atoms with van der Waals surface area (Å²) in [6.07, 6.45) is 0.918. The first kappa shape index (κ1) is 19.5. The maximum atomic E-state index is 12.5. The first-order chi connectivity index (χ1) is 13.6. The lowest BCUT2D eigenvalue weighted by atomic mass is 10.2. The molecule has 0 unspecified atom stereocenters. The normalized spacial score (nSPS) is 10.5. The summed E-state index contributed by atoms with van der Waals surface area (Å²) in [4.78, 5) is 12.5. The van der Waals surface area contributed by atoms with E-state index >= 15 is 0 Å². The molecule has 0 saturated carbocycles. The monoisotopic (exact) mass is 375 g/mol. The van der Waals surface area contributed by atoms with E-state index in [4.69, 9.17) is 9.47 Å². The van der Waals surface area contributed by atoms with E-state index in [0.717, 1.165) is 17.9 Å². The van der Waals surface area contributed by atoms with Crippen molar-refractivity contribution in [2.75, 3.05) is 11.9 Å². The average molecular weight is 375 g/mol. The second kappa shape index (κ2) is 9.60. The van der Waals surface area contributed by atoms with Gasteiger partial charge in [-0.1, -0.05) is 36.4 Å². The molecule has 0 aliphatic heterocycles. The lowest BCUT2D eigenvalue weighted by Crippen LogP contribution is -2.12. The van der Waals surface area contributed by atoms with E-state index in [9.17, 15) is 4.79 Å². The van der Waals surface area contributed by atoms with Gasteiger partial charge < -0.3 is 14.8 Å². The van der Waals surface area contributed by atoms with Gasteiger partial charge in [-0.3, -0.25) is 4.79 Å². The molecule has 1 N–H and O–H groups in total. The number of nitrogens with one attached hydrogen (secondary N) is 1. The maximum absolute atomic E-state index is 12.5. The van der Waals surface area contributed by atoms with Gasteiger partial charge >= 0.3 is 0 Å². The molecule has 3 aromatic rings. The number of carbonyl (C=O) groups is 1. The van der Waals surface area contributed by atoms with Crippen molar-refractivity contribution in [1.82, 2.24) is 0 Å². The van der Waals surface area contributed by atoms with E-state index < -0.39 is 0 Å². The maximum Gasteiger partial charge on any atom is 0.255 e. The van der Waals surface area contributed by atoms with Crippen LogP contribution in [0.15, 0.2) is 78.9 Å². The van der Waals surface area contributed by atoms with Crippen molar-refractivity contribution in [1.29, 1.82) is 0 Å². The Morgan fingerprint density at radius 2 is 1.64 bits per heavy atom. The molecular formula is C24H25NO3. The fourth-order valence-electron chi connectivity index (χ4n) is 2.75. The van der Waals surface area contributed by atoms with E-state index in [1.165, 1.54) is 5.56 Å². The van der Waals surface area contributed by atoms with Gasteiger partial charge in [0.1, 0.15) is 11.5 Å². The highest BCUT2D eigenvalue weighted by atomic mass is 16.5. The van der Waals surface area contributed by atoms with Gasteiger partial charge in [-0.15, -0.1) is 0 Å². The molecule has 1 amide bonds. The largest absolute Gasteiger partial charge is 0.493 e. The molecule has 3 rings (SSSR count). The molecule has 0 radical (unpaired) electrons. The number of hydrogen-bond donors (Lipinski definition) is 1. The summed E-state index contributed by atoms with van der Waals surface area (Å²) in [7, 11) is 0. The SMILES string of the molecule is CC(C)Oc1cccc(C(=O)Nc2ccc(OCCc3ccccc3)cc2)c1.